The van der Waals surface area contributed by atoms with Crippen LogP contribution in [-0.2, 0) is 11.3 Å². The van der Waals surface area contributed by atoms with Gasteiger partial charge in [0.15, 0.2) is 0 Å². The van der Waals surface area contributed by atoms with Gasteiger partial charge in [0.25, 0.3) is 0 Å². The van der Waals surface area contributed by atoms with Crippen LogP contribution in [0, 0.1) is 0 Å². The Morgan fingerprint density at radius 1 is 1.00 bits per heavy atom. The van der Waals surface area contributed by atoms with Gasteiger partial charge in [-0.1, -0.05) is 66.2 Å². The van der Waals surface area contributed by atoms with Crippen LogP contribution < -0.4 is 5.73 Å². The lowest BCUT2D eigenvalue weighted by Gasteiger charge is -2.10. The number of aromatic nitrogens is 1. The molecule has 0 aliphatic carbocycles. The predicted molar refractivity (Wildman–Crippen MR) is 139 cm³/mol. The van der Waals surface area contributed by atoms with Crippen LogP contribution in [0.4, 0.5) is 18.9 Å². The molecule has 0 atom stereocenters. The molecule has 0 amide bonds. The number of halogens is 4. The van der Waals surface area contributed by atoms with Gasteiger partial charge >= 0.3 is 12.1 Å². The van der Waals surface area contributed by atoms with Crippen molar-refractivity contribution in [2.45, 2.75) is 12.8 Å². The first-order chi connectivity index (χ1) is 17.7. The highest BCUT2D eigenvalue weighted by Crippen LogP contribution is 2.27. The first-order valence-electron chi connectivity index (χ1n) is 10.9. The average Bonchev–Trinajstić information content (AvgIpc) is 3.37. The number of allylic oxidation sites excluding steroid dienone is 2. The lowest BCUT2D eigenvalue weighted by molar-refractivity contribution is -0.0925. The van der Waals surface area contributed by atoms with E-state index in [1.54, 1.807) is 24.3 Å². The smallest absolute Gasteiger partial charge is 0.430 e. The molecule has 0 fully saturated rings. The van der Waals surface area contributed by atoms with E-state index in [0.717, 1.165) is 16.6 Å². The second-order valence-corrected chi connectivity index (χ2v) is 8.97. The number of carbonyl (C=O) groups excluding carboxylic acids is 1. The number of benzene rings is 3. The number of alkyl halides is 3. The third-order valence-corrected chi connectivity index (χ3v) is 6.31. The van der Waals surface area contributed by atoms with Gasteiger partial charge in [0, 0.05) is 16.5 Å². The number of nitrogens with zero attached hydrogens (tertiary/aromatic N) is 2. The van der Waals surface area contributed by atoms with E-state index in [1.165, 1.54) is 35.6 Å². The van der Waals surface area contributed by atoms with Crippen LogP contribution in [0.5, 0.6) is 0 Å². The molecule has 0 radical (unpaired) electrons. The number of esters is 1. The summed E-state index contributed by atoms with van der Waals surface area (Å²) in [4.78, 5) is 21.3. The third kappa shape index (κ3) is 6.84. The molecule has 188 valence electrons. The summed E-state index contributed by atoms with van der Waals surface area (Å²) in [5, 5.41) is 2.89. The molecule has 4 rings (SSSR count). The van der Waals surface area contributed by atoms with Gasteiger partial charge in [-0.25, -0.2) is 14.8 Å². The molecule has 4 aromatic rings. The molecule has 37 heavy (non-hydrogen) atoms. The van der Waals surface area contributed by atoms with Gasteiger partial charge in [0.1, 0.15) is 17.3 Å². The van der Waals surface area contributed by atoms with Crippen molar-refractivity contribution in [1.29, 1.82) is 0 Å². The molecule has 0 saturated carbocycles. The molecule has 0 unspecified atom stereocenters. The standard InChI is InChI=1S/C27H19ClF3N3O2S/c28-21-8-4-5-9-22(21)34-23(14-24(32)27(29,30)31)17-10-12-19(13-11-17)26(35)36-15-20-16-37-25(33-20)18-6-2-1-3-7-18/h1-14,16H,15,32H2. The Labute approximate surface area is 219 Å². The Hall–Kier alpha value is -3.95. The normalized spacial score (nSPS) is 12.4. The maximum Gasteiger partial charge on any atom is 0.430 e. The summed E-state index contributed by atoms with van der Waals surface area (Å²) in [5.74, 6) is -0.601. The first kappa shape index (κ1) is 26.1. The molecule has 0 spiro atoms. The zero-order valence-electron chi connectivity index (χ0n) is 19.1. The van der Waals surface area contributed by atoms with Crippen molar-refractivity contribution in [3.8, 4) is 10.6 Å². The Balaban J connectivity index is 1.51. The first-order valence-corrected chi connectivity index (χ1v) is 12.1. The van der Waals surface area contributed by atoms with Gasteiger partial charge in [-0.05, 0) is 30.3 Å². The van der Waals surface area contributed by atoms with E-state index in [9.17, 15) is 18.0 Å². The second-order valence-electron chi connectivity index (χ2n) is 7.71. The minimum atomic E-state index is -4.74. The Morgan fingerprint density at radius 3 is 2.32 bits per heavy atom. The Bertz CT molecular complexity index is 1450. The quantitative estimate of drug-likeness (QED) is 0.196. The van der Waals surface area contributed by atoms with E-state index in [4.69, 9.17) is 22.1 Å². The maximum atomic E-state index is 13.1. The largest absolute Gasteiger partial charge is 0.456 e. The van der Waals surface area contributed by atoms with Crippen molar-refractivity contribution in [3.05, 3.63) is 118 Å². The topological polar surface area (TPSA) is 77.6 Å². The molecule has 0 bridgehead atoms. The van der Waals surface area contributed by atoms with Gasteiger partial charge < -0.3 is 10.5 Å². The average molecular weight is 542 g/mol. The molecule has 1 aromatic heterocycles. The highest BCUT2D eigenvalue weighted by molar-refractivity contribution is 7.13. The van der Waals surface area contributed by atoms with Crippen LogP contribution >= 0.6 is 22.9 Å². The van der Waals surface area contributed by atoms with E-state index >= 15 is 0 Å². The molecule has 0 aliphatic heterocycles. The highest BCUT2D eigenvalue weighted by atomic mass is 35.5. The van der Waals surface area contributed by atoms with E-state index in [0.29, 0.717) is 11.3 Å². The molecule has 2 N–H and O–H groups in total. The molecule has 5 nitrogen and oxygen atoms in total. The van der Waals surface area contributed by atoms with Crippen LogP contribution in [0.1, 0.15) is 21.6 Å². The summed E-state index contributed by atoms with van der Waals surface area (Å²) in [5.41, 5.74) is 6.21. The molecule has 1 heterocycles. The number of ether oxygens (including phenoxy) is 1. The number of nitrogens with two attached hydrogens (primary N) is 1. The van der Waals surface area contributed by atoms with Crippen molar-refractivity contribution in [2.75, 3.05) is 0 Å². The van der Waals surface area contributed by atoms with Gasteiger partial charge in [-0.15, -0.1) is 11.3 Å². The summed E-state index contributed by atoms with van der Waals surface area (Å²) >= 11 is 7.57. The summed E-state index contributed by atoms with van der Waals surface area (Å²) < 4.78 is 44.6. The second kappa shape index (κ2) is 11.4. The predicted octanol–water partition coefficient (Wildman–Crippen LogP) is 7.35. The number of hydrogen-bond donors (Lipinski definition) is 1. The zero-order valence-corrected chi connectivity index (χ0v) is 20.6. The Morgan fingerprint density at radius 2 is 1.65 bits per heavy atom. The van der Waals surface area contributed by atoms with Gasteiger partial charge in [0.2, 0.25) is 0 Å². The van der Waals surface area contributed by atoms with Crippen molar-refractivity contribution < 1.29 is 22.7 Å². The van der Waals surface area contributed by atoms with Crippen molar-refractivity contribution in [2.24, 2.45) is 10.7 Å². The number of carbonyl (C=O) groups is 1. The van der Waals surface area contributed by atoms with E-state index in [1.807, 2.05) is 35.7 Å². The number of hydrogen-bond acceptors (Lipinski definition) is 6. The van der Waals surface area contributed by atoms with Crippen LogP contribution in [0.15, 0.2) is 101 Å². The van der Waals surface area contributed by atoms with E-state index < -0.39 is 17.8 Å². The lowest BCUT2D eigenvalue weighted by atomic mass is 10.1. The highest BCUT2D eigenvalue weighted by Gasteiger charge is 2.31. The summed E-state index contributed by atoms with van der Waals surface area (Å²) in [7, 11) is 0. The minimum absolute atomic E-state index is 0.0199. The van der Waals surface area contributed by atoms with Crippen molar-refractivity contribution >= 4 is 40.3 Å². The number of para-hydroxylation sites is 1. The maximum absolute atomic E-state index is 13.1. The molecule has 10 heteroatoms. The molecule has 0 aliphatic rings. The van der Waals surface area contributed by atoms with Crippen LogP contribution in [0.2, 0.25) is 5.02 Å². The van der Waals surface area contributed by atoms with Gasteiger partial charge in [-0.2, -0.15) is 13.2 Å². The third-order valence-electron chi connectivity index (χ3n) is 5.05. The summed E-state index contributed by atoms with van der Waals surface area (Å²) in [6.07, 6.45) is -4.01. The number of thiazole rings is 1. The van der Waals surface area contributed by atoms with E-state index in [2.05, 4.69) is 9.98 Å². The van der Waals surface area contributed by atoms with Crippen molar-refractivity contribution in [1.82, 2.24) is 4.98 Å². The number of rotatable bonds is 7. The fourth-order valence-corrected chi connectivity index (χ4v) is 4.16. The molecule has 0 saturated heterocycles. The van der Waals surface area contributed by atoms with Crippen molar-refractivity contribution in [3.63, 3.8) is 0 Å². The van der Waals surface area contributed by atoms with Crippen LogP contribution in [-0.4, -0.2) is 22.8 Å². The summed E-state index contributed by atoms with van der Waals surface area (Å²) in [6, 6.07) is 21.9. The SMILES string of the molecule is NC(=CC(=Nc1ccccc1Cl)c1ccc(C(=O)OCc2csc(-c3ccccc3)n2)cc1)C(F)(F)F. The van der Waals surface area contributed by atoms with Gasteiger partial charge in [-0.3, -0.25) is 0 Å². The molecular weight excluding hydrogens is 523 g/mol. The Kier molecular flexibility index (Phi) is 8.05. The van der Waals surface area contributed by atoms with E-state index in [-0.39, 0.29) is 28.6 Å². The van der Waals surface area contributed by atoms with Crippen LogP contribution in [0.25, 0.3) is 10.6 Å². The zero-order chi connectivity index (χ0) is 26.4. The fourth-order valence-electron chi connectivity index (χ4n) is 3.17. The number of aliphatic imine (C=N–C) groups is 1. The minimum Gasteiger partial charge on any atom is -0.456 e. The van der Waals surface area contributed by atoms with Crippen LogP contribution in [0.3, 0.4) is 0 Å². The summed E-state index contributed by atoms with van der Waals surface area (Å²) in [6.45, 7) is -0.0199. The van der Waals surface area contributed by atoms with Gasteiger partial charge in [0.05, 0.1) is 27.7 Å². The fraction of sp³-hybridized carbons (Fsp3) is 0.0741. The lowest BCUT2D eigenvalue weighted by Crippen LogP contribution is -2.21. The molecular formula is C27H19ClF3N3O2S. The monoisotopic (exact) mass is 541 g/mol. The molecule has 3 aromatic carbocycles.